The first-order valence-electron chi connectivity index (χ1n) is 5.98. The van der Waals surface area contributed by atoms with Crippen LogP contribution < -0.4 is 4.74 Å². The van der Waals surface area contributed by atoms with Crippen molar-refractivity contribution >= 4 is 15.9 Å². The van der Waals surface area contributed by atoms with Gasteiger partial charge < -0.3 is 4.74 Å². The molecule has 2 rings (SSSR count). The highest BCUT2D eigenvalue weighted by molar-refractivity contribution is 9.09. The van der Waals surface area contributed by atoms with Crippen LogP contribution in [0.3, 0.4) is 0 Å². The summed E-state index contributed by atoms with van der Waals surface area (Å²) >= 11 is 3.48. The standard InChI is InChI=1S/C15H12BrF3O/c16-13(9-11-3-1-2-4-14(11)17)10-5-7-12(8-6-10)20-15(18)19/h1-8,13,15H,9H2. The summed E-state index contributed by atoms with van der Waals surface area (Å²) in [7, 11) is 0. The SMILES string of the molecule is Fc1ccccc1CC(Br)c1ccc(OC(F)F)cc1. The number of hydrogen-bond acceptors (Lipinski definition) is 1. The molecule has 0 heterocycles. The third-order valence-electron chi connectivity index (χ3n) is 2.82. The average Bonchev–Trinajstić information content (AvgIpc) is 2.41. The van der Waals surface area contributed by atoms with E-state index in [9.17, 15) is 13.2 Å². The van der Waals surface area contributed by atoms with Gasteiger partial charge in [0.05, 0.1) is 0 Å². The minimum Gasteiger partial charge on any atom is -0.435 e. The molecule has 0 aliphatic rings. The van der Waals surface area contributed by atoms with Crippen molar-refractivity contribution in [3.05, 3.63) is 65.5 Å². The largest absolute Gasteiger partial charge is 0.435 e. The molecule has 1 atom stereocenters. The van der Waals surface area contributed by atoms with Gasteiger partial charge in [0.15, 0.2) is 0 Å². The summed E-state index contributed by atoms with van der Waals surface area (Å²) in [5.74, 6) is -0.149. The minimum atomic E-state index is -2.83. The number of hydrogen-bond donors (Lipinski definition) is 0. The molecule has 0 spiro atoms. The van der Waals surface area contributed by atoms with E-state index in [1.165, 1.54) is 18.2 Å². The van der Waals surface area contributed by atoms with Crippen molar-refractivity contribution in [3.63, 3.8) is 0 Å². The van der Waals surface area contributed by atoms with Gasteiger partial charge in [-0.1, -0.05) is 46.3 Å². The summed E-state index contributed by atoms with van der Waals surface area (Å²) in [6, 6.07) is 12.8. The molecule has 0 bridgehead atoms. The summed E-state index contributed by atoms with van der Waals surface area (Å²) in [4.78, 5) is -0.0972. The minimum absolute atomic E-state index is 0.0972. The molecule has 0 aliphatic carbocycles. The Bertz CT molecular complexity index is 557. The zero-order valence-electron chi connectivity index (χ0n) is 10.4. The van der Waals surface area contributed by atoms with Gasteiger partial charge in [0, 0.05) is 4.83 Å². The Morgan fingerprint density at radius 3 is 2.25 bits per heavy atom. The molecule has 0 fully saturated rings. The zero-order valence-corrected chi connectivity index (χ0v) is 12.0. The smallest absolute Gasteiger partial charge is 0.387 e. The van der Waals surface area contributed by atoms with Crippen LogP contribution >= 0.6 is 15.9 Å². The van der Waals surface area contributed by atoms with Crippen molar-refractivity contribution in [1.82, 2.24) is 0 Å². The first-order chi connectivity index (χ1) is 9.56. The van der Waals surface area contributed by atoms with Crippen molar-refractivity contribution in [2.45, 2.75) is 17.9 Å². The number of benzene rings is 2. The van der Waals surface area contributed by atoms with Crippen LogP contribution in [0.15, 0.2) is 48.5 Å². The van der Waals surface area contributed by atoms with Crippen molar-refractivity contribution in [2.75, 3.05) is 0 Å². The molecular formula is C15H12BrF3O. The van der Waals surface area contributed by atoms with Crippen molar-refractivity contribution in [2.24, 2.45) is 0 Å². The fraction of sp³-hybridized carbons (Fsp3) is 0.200. The van der Waals surface area contributed by atoms with Crippen LogP contribution in [0.5, 0.6) is 5.75 Å². The fourth-order valence-electron chi connectivity index (χ4n) is 1.83. The van der Waals surface area contributed by atoms with Crippen LogP contribution in [0.25, 0.3) is 0 Å². The van der Waals surface area contributed by atoms with Crippen LogP contribution in [0.1, 0.15) is 16.0 Å². The normalized spacial score (nSPS) is 12.4. The molecule has 0 aliphatic heterocycles. The zero-order chi connectivity index (χ0) is 14.5. The topological polar surface area (TPSA) is 9.23 Å². The molecule has 5 heteroatoms. The van der Waals surface area contributed by atoms with Crippen LogP contribution in [0, 0.1) is 5.82 Å². The maximum Gasteiger partial charge on any atom is 0.387 e. The Kier molecular flexibility index (Phi) is 5.06. The van der Waals surface area contributed by atoms with Gasteiger partial charge in [-0.3, -0.25) is 0 Å². The van der Waals surface area contributed by atoms with Crippen LogP contribution in [-0.4, -0.2) is 6.61 Å². The van der Waals surface area contributed by atoms with Gasteiger partial charge in [0.25, 0.3) is 0 Å². The lowest BCUT2D eigenvalue weighted by molar-refractivity contribution is -0.0498. The summed E-state index contributed by atoms with van der Waals surface area (Å²) in [5, 5.41) is 0. The molecule has 0 saturated carbocycles. The van der Waals surface area contributed by atoms with Gasteiger partial charge >= 0.3 is 6.61 Å². The molecule has 0 aromatic heterocycles. The van der Waals surface area contributed by atoms with E-state index in [4.69, 9.17) is 0 Å². The lowest BCUT2D eigenvalue weighted by Gasteiger charge is -2.12. The highest BCUT2D eigenvalue weighted by Gasteiger charge is 2.12. The van der Waals surface area contributed by atoms with Crippen LogP contribution in [-0.2, 0) is 6.42 Å². The maximum atomic E-state index is 13.5. The summed E-state index contributed by atoms with van der Waals surface area (Å²) in [5.41, 5.74) is 1.47. The molecule has 1 nitrogen and oxygen atoms in total. The van der Waals surface area contributed by atoms with Crippen molar-refractivity contribution in [1.29, 1.82) is 0 Å². The number of ether oxygens (including phenoxy) is 1. The summed E-state index contributed by atoms with van der Waals surface area (Å²) in [6.07, 6.45) is 0.474. The third kappa shape index (κ3) is 4.00. The maximum absolute atomic E-state index is 13.5. The monoisotopic (exact) mass is 344 g/mol. The second kappa shape index (κ2) is 6.79. The van der Waals surface area contributed by atoms with E-state index in [2.05, 4.69) is 20.7 Å². The quantitative estimate of drug-likeness (QED) is 0.685. The molecule has 1 unspecified atom stereocenters. The van der Waals surface area contributed by atoms with Gasteiger partial charge in [0.2, 0.25) is 0 Å². The van der Waals surface area contributed by atoms with Gasteiger partial charge in [-0.2, -0.15) is 8.78 Å². The van der Waals surface area contributed by atoms with Gasteiger partial charge in [0.1, 0.15) is 11.6 Å². The lowest BCUT2D eigenvalue weighted by Crippen LogP contribution is -2.02. The van der Waals surface area contributed by atoms with E-state index in [0.29, 0.717) is 12.0 Å². The summed E-state index contributed by atoms with van der Waals surface area (Å²) < 4.78 is 41.9. The fourth-order valence-corrected chi connectivity index (χ4v) is 2.49. The Balaban J connectivity index is 2.06. The summed E-state index contributed by atoms with van der Waals surface area (Å²) in [6.45, 7) is -2.83. The molecule has 0 amide bonds. The predicted molar refractivity (Wildman–Crippen MR) is 74.8 cm³/mol. The second-order valence-corrected chi connectivity index (χ2v) is 5.32. The van der Waals surface area contributed by atoms with E-state index in [0.717, 1.165) is 5.56 Å². The van der Waals surface area contributed by atoms with Crippen LogP contribution in [0.4, 0.5) is 13.2 Å². The highest BCUT2D eigenvalue weighted by atomic mass is 79.9. The predicted octanol–water partition coefficient (Wildman–Crippen LogP) is 5.11. The third-order valence-corrected chi connectivity index (χ3v) is 3.68. The molecule has 20 heavy (non-hydrogen) atoms. The molecule has 2 aromatic carbocycles. The average molecular weight is 345 g/mol. The molecular weight excluding hydrogens is 333 g/mol. The Hall–Kier alpha value is -1.49. The molecule has 2 aromatic rings. The Morgan fingerprint density at radius 1 is 1.00 bits per heavy atom. The molecule has 0 radical (unpaired) electrons. The van der Waals surface area contributed by atoms with Crippen molar-refractivity contribution in [3.8, 4) is 5.75 Å². The number of alkyl halides is 3. The van der Waals surface area contributed by atoms with Gasteiger partial charge in [-0.25, -0.2) is 4.39 Å². The Morgan fingerprint density at radius 2 is 1.65 bits per heavy atom. The van der Waals surface area contributed by atoms with Crippen LogP contribution in [0.2, 0.25) is 0 Å². The lowest BCUT2D eigenvalue weighted by atomic mass is 10.0. The second-order valence-electron chi connectivity index (χ2n) is 4.21. The first kappa shape index (κ1) is 14.9. The van der Waals surface area contributed by atoms with E-state index in [1.54, 1.807) is 30.3 Å². The molecule has 106 valence electrons. The van der Waals surface area contributed by atoms with E-state index >= 15 is 0 Å². The van der Waals surface area contributed by atoms with Crippen molar-refractivity contribution < 1.29 is 17.9 Å². The highest BCUT2D eigenvalue weighted by Crippen LogP contribution is 2.29. The molecule has 0 saturated heterocycles. The van der Waals surface area contributed by atoms with E-state index in [1.807, 2.05) is 0 Å². The number of halogens is 4. The van der Waals surface area contributed by atoms with Gasteiger partial charge in [-0.05, 0) is 35.7 Å². The van der Waals surface area contributed by atoms with Gasteiger partial charge in [-0.15, -0.1) is 0 Å². The first-order valence-corrected chi connectivity index (χ1v) is 6.90. The molecule has 0 N–H and O–H groups in total. The van der Waals surface area contributed by atoms with E-state index < -0.39 is 6.61 Å². The van der Waals surface area contributed by atoms with E-state index in [-0.39, 0.29) is 16.4 Å². The number of rotatable bonds is 5. The Labute approximate surface area is 123 Å².